The van der Waals surface area contributed by atoms with Gasteiger partial charge in [0.25, 0.3) is 0 Å². The summed E-state index contributed by atoms with van der Waals surface area (Å²) in [6.07, 6.45) is 6.62. The molecule has 0 saturated heterocycles. The molecule has 0 aromatic heterocycles. The zero-order valence-corrected chi connectivity index (χ0v) is 10.8. The molecule has 2 aliphatic carbocycles. The molecule has 0 unspecified atom stereocenters. The van der Waals surface area contributed by atoms with E-state index in [1.54, 1.807) is 0 Å². The molecule has 0 aliphatic heterocycles. The van der Waals surface area contributed by atoms with E-state index in [2.05, 4.69) is 20.4 Å². The third kappa shape index (κ3) is 2.31. The van der Waals surface area contributed by atoms with E-state index in [4.69, 9.17) is 5.11 Å². The highest BCUT2D eigenvalue weighted by molar-refractivity contribution is 5.86. The lowest BCUT2D eigenvalue weighted by Gasteiger charge is -2.53. The summed E-state index contributed by atoms with van der Waals surface area (Å²) in [6, 6.07) is 0. The Morgan fingerprint density at radius 3 is 2.76 bits per heavy atom. The van der Waals surface area contributed by atoms with Crippen molar-refractivity contribution in [1.82, 2.24) is 0 Å². The molecule has 2 rings (SSSR count). The first-order valence-electron chi connectivity index (χ1n) is 6.52. The average molecular weight is 234 g/mol. The van der Waals surface area contributed by atoms with Crippen molar-refractivity contribution in [3.8, 4) is 0 Å². The van der Waals surface area contributed by atoms with E-state index >= 15 is 0 Å². The summed E-state index contributed by atoms with van der Waals surface area (Å²) in [4.78, 5) is 11.1. The summed E-state index contributed by atoms with van der Waals surface area (Å²) in [7, 11) is 0. The number of hydrogen-bond donors (Lipinski definition) is 1. The first-order chi connectivity index (χ1) is 7.92. The second kappa shape index (κ2) is 4.32. The SMILES string of the molecule is C=C1CC/C=C(\C(=O)O)CC[C@H]2[C@H]1CC2(C)C. The van der Waals surface area contributed by atoms with E-state index in [1.807, 2.05) is 6.08 Å². The molecule has 0 aromatic rings. The minimum Gasteiger partial charge on any atom is -0.478 e. The number of carbonyl (C=O) groups is 1. The van der Waals surface area contributed by atoms with Gasteiger partial charge >= 0.3 is 5.97 Å². The Bertz CT molecular complexity index is 376. The van der Waals surface area contributed by atoms with E-state index in [0.717, 1.165) is 19.3 Å². The lowest BCUT2D eigenvalue weighted by atomic mass is 9.52. The minimum absolute atomic E-state index is 0.363. The van der Waals surface area contributed by atoms with Gasteiger partial charge in [-0.25, -0.2) is 4.79 Å². The van der Waals surface area contributed by atoms with Gasteiger partial charge in [0.2, 0.25) is 0 Å². The van der Waals surface area contributed by atoms with Crippen molar-refractivity contribution >= 4 is 5.97 Å². The van der Waals surface area contributed by atoms with Crippen LogP contribution in [0.15, 0.2) is 23.8 Å². The molecule has 2 nitrogen and oxygen atoms in total. The first-order valence-corrected chi connectivity index (χ1v) is 6.52. The molecule has 2 aliphatic rings. The number of allylic oxidation sites excluding steroid dienone is 2. The van der Waals surface area contributed by atoms with Crippen LogP contribution in [0.5, 0.6) is 0 Å². The number of rotatable bonds is 1. The third-order valence-corrected chi connectivity index (χ3v) is 4.62. The Morgan fingerprint density at radius 2 is 2.18 bits per heavy atom. The summed E-state index contributed by atoms with van der Waals surface area (Å²) in [5, 5.41) is 9.12. The molecule has 0 amide bonds. The number of aliphatic carboxylic acids is 1. The van der Waals surface area contributed by atoms with Crippen LogP contribution < -0.4 is 0 Å². The highest BCUT2D eigenvalue weighted by atomic mass is 16.4. The van der Waals surface area contributed by atoms with E-state index in [-0.39, 0.29) is 0 Å². The van der Waals surface area contributed by atoms with Crippen LogP contribution >= 0.6 is 0 Å². The highest BCUT2D eigenvalue weighted by Crippen LogP contribution is 2.56. The van der Waals surface area contributed by atoms with Crippen LogP contribution in [0.1, 0.15) is 46.0 Å². The highest BCUT2D eigenvalue weighted by Gasteiger charge is 2.47. The maximum Gasteiger partial charge on any atom is 0.331 e. The Hall–Kier alpha value is -1.05. The van der Waals surface area contributed by atoms with Crippen molar-refractivity contribution in [3.63, 3.8) is 0 Å². The molecule has 0 heterocycles. The van der Waals surface area contributed by atoms with Crippen LogP contribution in [0.2, 0.25) is 0 Å². The van der Waals surface area contributed by atoms with Crippen LogP contribution in [0.25, 0.3) is 0 Å². The fourth-order valence-corrected chi connectivity index (χ4v) is 3.49. The summed E-state index contributed by atoms with van der Waals surface area (Å²) >= 11 is 0. The van der Waals surface area contributed by atoms with Gasteiger partial charge in [-0.2, -0.15) is 0 Å². The van der Waals surface area contributed by atoms with Crippen molar-refractivity contribution < 1.29 is 9.90 Å². The normalized spacial score (nSPS) is 35.4. The summed E-state index contributed by atoms with van der Waals surface area (Å²) in [5.74, 6) is 0.508. The summed E-state index contributed by atoms with van der Waals surface area (Å²) in [6.45, 7) is 8.79. The van der Waals surface area contributed by atoms with Gasteiger partial charge in [0, 0.05) is 5.57 Å². The van der Waals surface area contributed by atoms with E-state index in [9.17, 15) is 4.79 Å². The molecule has 1 saturated carbocycles. The van der Waals surface area contributed by atoms with Crippen LogP contribution in [0.4, 0.5) is 0 Å². The van der Waals surface area contributed by atoms with E-state index in [1.165, 1.54) is 12.0 Å². The summed E-state index contributed by atoms with van der Waals surface area (Å²) in [5.41, 5.74) is 2.29. The molecule has 0 aromatic carbocycles. The standard InChI is InChI=1S/C15H22O2/c1-10-5-4-6-11(14(16)17)7-8-13-12(10)9-15(13,2)3/h6,12-13H,1,4-5,7-9H2,2-3H3,(H,16,17)/b11-6-/t12-,13-/m0/s1. The van der Waals surface area contributed by atoms with E-state index in [0.29, 0.717) is 29.2 Å². The number of fused-ring (bicyclic) bond motifs is 1. The predicted molar refractivity (Wildman–Crippen MR) is 68.7 cm³/mol. The number of carboxylic acid groups (broad SMARTS) is 1. The van der Waals surface area contributed by atoms with Crippen LogP contribution in [0, 0.1) is 17.3 Å². The van der Waals surface area contributed by atoms with Crippen molar-refractivity contribution in [2.75, 3.05) is 0 Å². The molecule has 1 N–H and O–H groups in total. The Balaban J connectivity index is 2.15. The molecule has 1 fully saturated rings. The maximum atomic E-state index is 11.1. The minimum atomic E-state index is -0.744. The quantitative estimate of drug-likeness (QED) is 0.701. The van der Waals surface area contributed by atoms with Gasteiger partial charge in [0.05, 0.1) is 0 Å². The fourth-order valence-electron chi connectivity index (χ4n) is 3.49. The average Bonchev–Trinajstić information content (AvgIpc) is 2.28. The van der Waals surface area contributed by atoms with Gasteiger partial charge in [0.1, 0.15) is 0 Å². The smallest absolute Gasteiger partial charge is 0.331 e. The molecule has 0 bridgehead atoms. The topological polar surface area (TPSA) is 37.3 Å². The van der Waals surface area contributed by atoms with Gasteiger partial charge in [-0.05, 0) is 49.4 Å². The monoisotopic (exact) mass is 234 g/mol. The van der Waals surface area contributed by atoms with Crippen molar-refractivity contribution in [1.29, 1.82) is 0 Å². The Labute approximate surface area is 103 Å². The number of carboxylic acids is 1. The Kier molecular flexibility index (Phi) is 3.15. The zero-order chi connectivity index (χ0) is 12.6. The third-order valence-electron chi connectivity index (χ3n) is 4.62. The second-order valence-electron chi connectivity index (χ2n) is 6.18. The van der Waals surface area contributed by atoms with Gasteiger partial charge < -0.3 is 5.11 Å². The van der Waals surface area contributed by atoms with Gasteiger partial charge in [0.15, 0.2) is 0 Å². The van der Waals surface area contributed by atoms with Crippen molar-refractivity contribution in [3.05, 3.63) is 23.8 Å². The van der Waals surface area contributed by atoms with Crippen molar-refractivity contribution in [2.45, 2.75) is 46.0 Å². The van der Waals surface area contributed by atoms with Gasteiger partial charge in [-0.3, -0.25) is 0 Å². The predicted octanol–water partition coefficient (Wildman–Crippen LogP) is 3.79. The molecule has 0 spiro atoms. The first kappa shape index (κ1) is 12.4. The van der Waals surface area contributed by atoms with Crippen LogP contribution in [0.3, 0.4) is 0 Å². The number of hydrogen-bond acceptors (Lipinski definition) is 1. The molecule has 0 radical (unpaired) electrons. The molecular weight excluding hydrogens is 212 g/mol. The molecule has 2 atom stereocenters. The summed E-state index contributed by atoms with van der Waals surface area (Å²) < 4.78 is 0. The second-order valence-corrected chi connectivity index (χ2v) is 6.18. The zero-order valence-electron chi connectivity index (χ0n) is 10.8. The van der Waals surface area contributed by atoms with Crippen LogP contribution in [-0.2, 0) is 4.79 Å². The van der Waals surface area contributed by atoms with Crippen molar-refractivity contribution in [2.24, 2.45) is 17.3 Å². The van der Waals surface area contributed by atoms with Crippen LogP contribution in [-0.4, -0.2) is 11.1 Å². The maximum absolute atomic E-state index is 11.1. The molecular formula is C15H22O2. The molecule has 2 heteroatoms. The largest absolute Gasteiger partial charge is 0.478 e. The van der Waals surface area contributed by atoms with Gasteiger partial charge in [-0.1, -0.05) is 32.1 Å². The van der Waals surface area contributed by atoms with Gasteiger partial charge in [-0.15, -0.1) is 0 Å². The Morgan fingerprint density at radius 1 is 1.47 bits per heavy atom. The fraction of sp³-hybridized carbons (Fsp3) is 0.667. The molecule has 17 heavy (non-hydrogen) atoms. The lowest BCUT2D eigenvalue weighted by molar-refractivity contribution is -0.133. The molecule has 94 valence electrons. The van der Waals surface area contributed by atoms with E-state index < -0.39 is 5.97 Å². The lowest BCUT2D eigenvalue weighted by Crippen LogP contribution is -2.44.